The molecule has 0 bridgehead atoms. The molecule has 0 radical (unpaired) electrons. The third-order valence-electron chi connectivity index (χ3n) is 5.32. The Bertz CT molecular complexity index is 711. The van der Waals surface area contributed by atoms with E-state index in [1.165, 1.54) is 17.7 Å². The molecule has 2 aliphatic rings. The highest BCUT2D eigenvalue weighted by molar-refractivity contribution is 6.02. The van der Waals surface area contributed by atoms with Gasteiger partial charge in [-0.3, -0.25) is 4.79 Å². The fraction of sp³-hybridized carbons (Fsp3) is 0.619. The smallest absolute Gasteiger partial charge is 0.226 e. The van der Waals surface area contributed by atoms with Gasteiger partial charge in [0.15, 0.2) is 11.5 Å². The molecule has 3 rings (SSSR count). The summed E-state index contributed by atoms with van der Waals surface area (Å²) < 4.78 is 11.6. The molecular formula is C21H30N2O6. The molecule has 0 saturated heterocycles. The van der Waals surface area contributed by atoms with E-state index < -0.39 is 0 Å². The first-order valence-corrected chi connectivity index (χ1v) is 10.2. The Morgan fingerprint density at radius 3 is 2.59 bits per heavy atom. The summed E-state index contributed by atoms with van der Waals surface area (Å²) in [6.07, 6.45) is 4.99. The van der Waals surface area contributed by atoms with Gasteiger partial charge in [0.25, 0.3) is 0 Å². The molecule has 1 atom stereocenters. The summed E-state index contributed by atoms with van der Waals surface area (Å²) in [5, 5.41) is 22.3. The Balaban J connectivity index is 1.62. The van der Waals surface area contributed by atoms with E-state index in [1.54, 1.807) is 7.11 Å². The topological polar surface area (TPSA) is 101 Å². The highest BCUT2D eigenvalue weighted by Crippen LogP contribution is 2.33. The number of aliphatic hydroxyl groups is 2. The minimum absolute atomic E-state index is 0.144. The molecule has 1 aliphatic heterocycles. The molecule has 1 aromatic rings. The second-order valence-corrected chi connectivity index (χ2v) is 7.39. The predicted octanol–water partition coefficient (Wildman–Crippen LogP) is 1.71. The number of ether oxygens (including phenoxy) is 2. The van der Waals surface area contributed by atoms with Gasteiger partial charge in [0.05, 0.1) is 38.6 Å². The Labute approximate surface area is 171 Å². The van der Waals surface area contributed by atoms with Crippen molar-refractivity contribution in [1.82, 2.24) is 4.90 Å². The van der Waals surface area contributed by atoms with Crippen LogP contribution in [0.1, 0.15) is 44.1 Å². The van der Waals surface area contributed by atoms with Gasteiger partial charge in [-0.2, -0.15) is 0 Å². The second kappa shape index (κ2) is 10.5. The Morgan fingerprint density at radius 2 is 1.93 bits per heavy atom. The van der Waals surface area contributed by atoms with Gasteiger partial charge < -0.3 is 29.4 Å². The van der Waals surface area contributed by atoms with Gasteiger partial charge >= 0.3 is 0 Å². The number of methoxy groups -OCH3 is 1. The van der Waals surface area contributed by atoms with E-state index in [1.807, 2.05) is 18.2 Å². The molecule has 0 unspecified atom stereocenters. The Kier molecular flexibility index (Phi) is 7.71. The van der Waals surface area contributed by atoms with Crippen LogP contribution in [-0.4, -0.2) is 72.4 Å². The number of aliphatic hydroxyl groups excluding tert-OH is 2. The molecule has 0 spiro atoms. The number of carbonyl (C=O) groups is 1. The molecule has 160 valence electrons. The zero-order chi connectivity index (χ0) is 20.6. The van der Waals surface area contributed by atoms with Gasteiger partial charge in [0, 0.05) is 25.1 Å². The third-order valence-corrected chi connectivity index (χ3v) is 5.32. The SMILES string of the molecule is COc1ccc(C2=NO[C@@H](CC(=O)N(CCO)CCO)C2)cc1OC1CCCC1. The lowest BCUT2D eigenvalue weighted by Gasteiger charge is -2.21. The maximum Gasteiger partial charge on any atom is 0.226 e. The van der Waals surface area contributed by atoms with E-state index in [0.29, 0.717) is 17.9 Å². The number of carbonyl (C=O) groups excluding carboxylic acids is 1. The molecule has 0 aromatic heterocycles. The summed E-state index contributed by atoms with van der Waals surface area (Å²) in [7, 11) is 1.62. The molecule has 8 heteroatoms. The summed E-state index contributed by atoms with van der Waals surface area (Å²) in [5.41, 5.74) is 1.65. The lowest BCUT2D eigenvalue weighted by atomic mass is 10.0. The van der Waals surface area contributed by atoms with Crippen molar-refractivity contribution in [2.24, 2.45) is 5.16 Å². The average Bonchev–Trinajstić information content (AvgIpc) is 3.40. The molecule has 8 nitrogen and oxygen atoms in total. The largest absolute Gasteiger partial charge is 0.493 e. The standard InChI is InChI=1S/C21H30N2O6/c1-27-19-7-6-15(12-20(19)28-16-4-2-3-5-16)18-13-17(29-22-18)14-21(26)23(8-10-24)9-11-25/h6-7,12,16-17,24-25H,2-5,8-11,13-14H2,1H3/t17-/m1/s1. The highest BCUT2D eigenvalue weighted by Gasteiger charge is 2.28. The van der Waals surface area contributed by atoms with Crippen molar-refractivity contribution in [3.05, 3.63) is 23.8 Å². The van der Waals surface area contributed by atoms with Crippen molar-refractivity contribution in [3.8, 4) is 11.5 Å². The van der Waals surface area contributed by atoms with Crippen molar-refractivity contribution < 1.29 is 29.3 Å². The first-order chi connectivity index (χ1) is 14.1. The van der Waals surface area contributed by atoms with Crippen LogP contribution in [-0.2, 0) is 9.63 Å². The quantitative estimate of drug-likeness (QED) is 0.614. The number of nitrogens with zero attached hydrogens (tertiary/aromatic N) is 2. The van der Waals surface area contributed by atoms with Crippen LogP contribution in [0.5, 0.6) is 11.5 Å². The first kappa shape index (κ1) is 21.4. The van der Waals surface area contributed by atoms with Crippen LogP contribution in [0.25, 0.3) is 0 Å². The predicted molar refractivity (Wildman–Crippen MR) is 107 cm³/mol. The summed E-state index contributed by atoms with van der Waals surface area (Å²) in [6, 6.07) is 5.70. The van der Waals surface area contributed by atoms with Crippen molar-refractivity contribution in [2.75, 3.05) is 33.4 Å². The number of benzene rings is 1. The molecule has 1 aromatic carbocycles. The van der Waals surface area contributed by atoms with Crippen molar-refractivity contribution in [3.63, 3.8) is 0 Å². The fourth-order valence-electron chi connectivity index (χ4n) is 3.77. The fourth-order valence-corrected chi connectivity index (χ4v) is 3.77. The van der Waals surface area contributed by atoms with E-state index in [-0.39, 0.29) is 50.8 Å². The van der Waals surface area contributed by atoms with Gasteiger partial charge in [-0.15, -0.1) is 0 Å². The number of hydrogen-bond donors (Lipinski definition) is 2. The maximum absolute atomic E-state index is 12.4. The Hall–Kier alpha value is -2.32. The maximum atomic E-state index is 12.4. The van der Waals surface area contributed by atoms with Crippen LogP contribution in [0.15, 0.2) is 23.4 Å². The van der Waals surface area contributed by atoms with Crippen LogP contribution in [0.4, 0.5) is 0 Å². The van der Waals surface area contributed by atoms with Crippen molar-refractivity contribution >= 4 is 11.6 Å². The summed E-state index contributed by atoms with van der Waals surface area (Å²) >= 11 is 0. The van der Waals surface area contributed by atoms with E-state index in [2.05, 4.69) is 5.16 Å². The molecule has 1 fully saturated rings. The zero-order valence-electron chi connectivity index (χ0n) is 16.9. The minimum Gasteiger partial charge on any atom is -0.493 e. The van der Waals surface area contributed by atoms with Crippen LogP contribution in [0.3, 0.4) is 0 Å². The molecule has 29 heavy (non-hydrogen) atoms. The number of rotatable bonds is 10. The normalized spacial score (nSPS) is 19.0. The van der Waals surface area contributed by atoms with Gasteiger partial charge in [0.1, 0.15) is 6.10 Å². The first-order valence-electron chi connectivity index (χ1n) is 10.2. The Morgan fingerprint density at radius 1 is 1.21 bits per heavy atom. The van der Waals surface area contributed by atoms with Gasteiger partial charge in [-0.05, 0) is 43.9 Å². The monoisotopic (exact) mass is 406 g/mol. The van der Waals surface area contributed by atoms with Crippen LogP contribution in [0, 0.1) is 0 Å². The van der Waals surface area contributed by atoms with Gasteiger partial charge in [-0.1, -0.05) is 5.16 Å². The summed E-state index contributed by atoms with van der Waals surface area (Å²) in [6.45, 7) is 0.101. The lowest BCUT2D eigenvalue weighted by molar-refractivity contribution is -0.134. The zero-order valence-corrected chi connectivity index (χ0v) is 16.9. The van der Waals surface area contributed by atoms with Crippen LogP contribution in [0.2, 0.25) is 0 Å². The number of hydrogen-bond acceptors (Lipinski definition) is 7. The third kappa shape index (κ3) is 5.61. The van der Waals surface area contributed by atoms with Crippen LogP contribution >= 0.6 is 0 Å². The molecule has 1 amide bonds. The molecule has 1 heterocycles. The van der Waals surface area contributed by atoms with Crippen molar-refractivity contribution in [1.29, 1.82) is 0 Å². The molecule has 1 saturated carbocycles. The highest BCUT2D eigenvalue weighted by atomic mass is 16.6. The van der Waals surface area contributed by atoms with E-state index in [4.69, 9.17) is 24.5 Å². The molecule has 2 N–H and O–H groups in total. The summed E-state index contributed by atoms with van der Waals surface area (Å²) in [5.74, 6) is 1.22. The molecular weight excluding hydrogens is 376 g/mol. The van der Waals surface area contributed by atoms with Crippen LogP contribution < -0.4 is 9.47 Å². The van der Waals surface area contributed by atoms with E-state index in [0.717, 1.165) is 24.1 Å². The summed E-state index contributed by atoms with van der Waals surface area (Å²) in [4.78, 5) is 19.3. The van der Waals surface area contributed by atoms with Crippen molar-refractivity contribution in [2.45, 2.75) is 50.7 Å². The van der Waals surface area contributed by atoms with Gasteiger partial charge in [0.2, 0.25) is 5.91 Å². The minimum atomic E-state index is -0.362. The van der Waals surface area contributed by atoms with E-state index >= 15 is 0 Å². The van der Waals surface area contributed by atoms with Gasteiger partial charge in [-0.25, -0.2) is 0 Å². The average molecular weight is 406 g/mol. The van der Waals surface area contributed by atoms with E-state index in [9.17, 15) is 4.79 Å². The lowest BCUT2D eigenvalue weighted by Crippen LogP contribution is -2.37. The number of amides is 1. The second-order valence-electron chi connectivity index (χ2n) is 7.39. The number of oxime groups is 1. The molecule has 1 aliphatic carbocycles.